The van der Waals surface area contributed by atoms with Crippen molar-refractivity contribution < 1.29 is 13.9 Å². The summed E-state index contributed by atoms with van der Waals surface area (Å²) in [6, 6.07) is 6.24. The monoisotopic (exact) mass is 288 g/mol. The van der Waals surface area contributed by atoms with Crippen LogP contribution in [0.5, 0.6) is 5.75 Å². The fourth-order valence-corrected chi connectivity index (χ4v) is 1.66. The van der Waals surface area contributed by atoms with Crippen LogP contribution in [0.25, 0.3) is 0 Å². The third-order valence-electron chi connectivity index (χ3n) is 2.88. The van der Waals surface area contributed by atoms with Crippen LogP contribution in [-0.2, 0) is 4.79 Å². The maximum absolute atomic E-state index is 13.3. The highest BCUT2D eigenvalue weighted by atomic mass is 35.5. The lowest BCUT2D eigenvalue weighted by molar-refractivity contribution is -0.126. The van der Waals surface area contributed by atoms with E-state index >= 15 is 0 Å². The molecule has 1 amide bonds. The molecule has 2 rings (SSSR count). The van der Waals surface area contributed by atoms with E-state index in [9.17, 15) is 9.18 Å². The van der Waals surface area contributed by atoms with Crippen molar-refractivity contribution in [3.63, 3.8) is 0 Å². The number of ether oxygens (including phenoxy) is 1. The van der Waals surface area contributed by atoms with Gasteiger partial charge in [-0.15, -0.1) is 12.4 Å². The van der Waals surface area contributed by atoms with Crippen molar-refractivity contribution in [1.29, 1.82) is 0 Å². The molecule has 1 aromatic carbocycles. The zero-order chi connectivity index (χ0) is 13.0. The molecule has 0 spiro atoms. The maximum atomic E-state index is 13.3. The first-order valence-electron chi connectivity index (χ1n) is 6.06. The molecule has 0 saturated carbocycles. The van der Waals surface area contributed by atoms with Gasteiger partial charge < -0.3 is 15.4 Å². The standard InChI is InChI=1S/C13H17FN2O2.ClH/c1-9(6-16-13(17)10-7-15-8-10)18-12-5-3-2-4-11(12)14;/h2-5,9-10,15H,6-8H2,1H3,(H,16,17);1H. The molecule has 4 nitrogen and oxygen atoms in total. The molecule has 6 heteroatoms. The van der Waals surface area contributed by atoms with Crippen molar-refractivity contribution in [2.75, 3.05) is 19.6 Å². The zero-order valence-corrected chi connectivity index (χ0v) is 11.5. The number of nitrogens with one attached hydrogen (secondary N) is 2. The summed E-state index contributed by atoms with van der Waals surface area (Å²) in [6.45, 7) is 3.64. The molecule has 1 unspecified atom stereocenters. The summed E-state index contributed by atoms with van der Waals surface area (Å²) >= 11 is 0. The molecule has 106 valence electrons. The highest BCUT2D eigenvalue weighted by molar-refractivity contribution is 5.85. The third-order valence-corrected chi connectivity index (χ3v) is 2.88. The van der Waals surface area contributed by atoms with E-state index in [2.05, 4.69) is 10.6 Å². The summed E-state index contributed by atoms with van der Waals surface area (Å²) in [4.78, 5) is 11.6. The smallest absolute Gasteiger partial charge is 0.225 e. The average molecular weight is 289 g/mol. The predicted octanol–water partition coefficient (Wildman–Crippen LogP) is 1.35. The fourth-order valence-electron chi connectivity index (χ4n) is 1.66. The van der Waals surface area contributed by atoms with Crippen molar-refractivity contribution >= 4 is 18.3 Å². The van der Waals surface area contributed by atoms with Crippen LogP contribution in [0.15, 0.2) is 24.3 Å². The second-order valence-corrected chi connectivity index (χ2v) is 4.46. The molecule has 1 aliphatic rings. The van der Waals surface area contributed by atoms with E-state index in [-0.39, 0.29) is 41.9 Å². The molecule has 1 saturated heterocycles. The van der Waals surface area contributed by atoms with Crippen LogP contribution < -0.4 is 15.4 Å². The van der Waals surface area contributed by atoms with Crippen molar-refractivity contribution in [2.24, 2.45) is 5.92 Å². The second kappa shape index (κ2) is 7.31. The fraction of sp³-hybridized carbons (Fsp3) is 0.462. The predicted molar refractivity (Wildman–Crippen MR) is 73.1 cm³/mol. The van der Waals surface area contributed by atoms with E-state index in [4.69, 9.17) is 4.74 Å². The number of carbonyl (C=O) groups is 1. The summed E-state index contributed by atoms with van der Waals surface area (Å²) < 4.78 is 18.7. The summed E-state index contributed by atoms with van der Waals surface area (Å²) in [5.74, 6) is -0.0909. The topological polar surface area (TPSA) is 50.4 Å². The van der Waals surface area contributed by atoms with Gasteiger partial charge in [-0.3, -0.25) is 4.79 Å². The Morgan fingerprint density at radius 1 is 1.53 bits per heavy atom. The molecule has 0 aromatic heterocycles. The molecular weight excluding hydrogens is 271 g/mol. The molecule has 1 fully saturated rings. The van der Waals surface area contributed by atoms with Crippen molar-refractivity contribution in [3.05, 3.63) is 30.1 Å². The van der Waals surface area contributed by atoms with Gasteiger partial charge in [0.15, 0.2) is 11.6 Å². The summed E-state index contributed by atoms with van der Waals surface area (Å²) in [6.07, 6.45) is -0.265. The van der Waals surface area contributed by atoms with Gasteiger partial charge in [-0.25, -0.2) is 4.39 Å². The van der Waals surface area contributed by atoms with Crippen molar-refractivity contribution in [3.8, 4) is 5.75 Å². The van der Waals surface area contributed by atoms with Gasteiger partial charge >= 0.3 is 0 Å². The molecular formula is C13H18ClFN2O2. The van der Waals surface area contributed by atoms with Gasteiger partial charge in [-0.05, 0) is 19.1 Å². The van der Waals surface area contributed by atoms with Gasteiger partial charge in [-0.1, -0.05) is 12.1 Å². The number of carbonyl (C=O) groups excluding carboxylic acids is 1. The minimum atomic E-state index is -0.390. The molecule has 1 aromatic rings. The van der Waals surface area contributed by atoms with Gasteiger partial charge in [0.2, 0.25) is 5.91 Å². The van der Waals surface area contributed by atoms with Crippen molar-refractivity contribution in [1.82, 2.24) is 10.6 Å². The molecule has 0 aliphatic carbocycles. The number of benzene rings is 1. The molecule has 1 heterocycles. The SMILES string of the molecule is CC(CNC(=O)C1CNC1)Oc1ccccc1F.Cl. The van der Waals surface area contributed by atoms with E-state index in [0.717, 1.165) is 13.1 Å². The minimum absolute atomic E-state index is 0. The first-order chi connectivity index (χ1) is 8.66. The number of hydrogen-bond acceptors (Lipinski definition) is 3. The number of hydrogen-bond donors (Lipinski definition) is 2. The van der Waals surface area contributed by atoms with Gasteiger partial charge in [0.1, 0.15) is 6.10 Å². The highest BCUT2D eigenvalue weighted by Gasteiger charge is 2.24. The van der Waals surface area contributed by atoms with E-state index < -0.39 is 0 Å². The lowest BCUT2D eigenvalue weighted by Gasteiger charge is -2.26. The highest BCUT2D eigenvalue weighted by Crippen LogP contribution is 2.16. The normalized spacial score (nSPS) is 15.9. The van der Waals surface area contributed by atoms with Gasteiger partial charge in [0.25, 0.3) is 0 Å². The number of halogens is 2. The number of para-hydroxylation sites is 1. The van der Waals surface area contributed by atoms with Crippen LogP contribution in [0, 0.1) is 11.7 Å². The number of rotatable bonds is 5. The molecule has 19 heavy (non-hydrogen) atoms. The van der Waals surface area contributed by atoms with E-state index in [1.165, 1.54) is 6.07 Å². The molecule has 0 bridgehead atoms. The Bertz CT molecular complexity index is 427. The van der Waals surface area contributed by atoms with Crippen LogP contribution >= 0.6 is 12.4 Å². The minimum Gasteiger partial charge on any atom is -0.486 e. The Morgan fingerprint density at radius 2 is 2.21 bits per heavy atom. The van der Waals surface area contributed by atoms with Crippen LogP contribution in [0.2, 0.25) is 0 Å². The van der Waals surface area contributed by atoms with E-state index in [1.807, 2.05) is 0 Å². The van der Waals surface area contributed by atoms with E-state index in [1.54, 1.807) is 25.1 Å². The number of amides is 1. The first kappa shape index (κ1) is 15.7. The molecule has 1 aliphatic heterocycles. The van der Waals surface area contributed by atoms with Crippen LogP contribution in [0.3, 0.4) is 0 Å². The first-order valence-corrected chi connectivity index (χ1v) is 6.06. The second-order valence-electron chi connectivity index (χ2n) is 4.46. The van der Waals surface area contributed by atoms with Crippen LogP contribution in [-0.4, -0.2) is 31.6 Å². The quantitative estimate of drug-likeness (QED) is 0.860. The Hall–Kier alpha value is -1.33. The van der Waals surface area contributed by atoms with Crippen LogP contribution in [0.1, 0.15) is 6.92 Å². The maximum Gasteiger partial charge on any atom is 0.225 e. The average Bonchev–Trinajstić information content (AvgIpc) is 2.27. The molecule has 2 N–H and O–H groups in total. The van der Waals surface area contributed by atoms with Gasteiger partial charge in [0.05, 0.1) is 12.5 Å². The third kappa shape index (κ3) is 4.36. The lowest BCUT2D eigenvalue weighted by Crippen LogP contribution is -2.51. The Kier molecular flexibility index (Phi) is 6.05. The Morgan fingerprint density at radius 3 is 2.79 bits per heavy atom. The van der Waals surface area contributed by atoms with Gasteiger partial charge in [0, 0.05) is 13.1 Å². The lowest BCUT2D eigenvalue weighted by atomic mass is 10.0. The van der Waals surface area contributed by atoms with Gasteiger partial charge in [-0.2, -0.15) is 0 Å². The summed E-state index contributed by atoms with van der Waals surface area (Å²) in [5, 5.41) is 5.83. The molecule has 1 atom stereocenters. The zero-order valence-electron chi connectivity index (χ0n) is 10.7. The Balaban J connectivity index is 0.00000180. The van der Waals surface area contributed by atoms with E-state index in [0.29, 0.717) is 6.54 Å². The van der Waals surface area contributed by atoms with Crippen molar-refractivity contribution in [2.45, 2.75) is 13.0 Å². The molecule has 0 radical (unpaired) electrons. The largest absolute Gasteiger partial charge is 0.486 e. The summed E-state index contributed by atoms with van der Waals surface area (Å²) in [5.41, 5.74) is 0. The Labute approximate surface area is 118 Å². The summed E-state index contributed by atoms with van der Waals surface area (Å²) in [7, 11) is 0. The van der Waals surface area contributed by atoms with Crippen LogP contribution in [0.4, 0.5) is 4.39 Å².